The number of halogens is 1. The molecule has 0 bridgehead atoms. The zero-order valence-corrected chi connectivity index (χ0v) is 11.3. The minimum atomic E-state index is -0.383. The van der Waals surface area contributed by atoms with Crippen molar-refractivity contribution in [2.45, 2.75) is 12.3 Å². The fourth-order valence-corrected chi connectivity index (χ4v) is 2.77. The summed E-state index contributed by atoms with van der Waals surface area (Å²) in [6, 6.07) is 5.36. The molecular weight excluding hydrogens is 266 g/mol. The number of hydrogen-bond acceptors (Lipinski definition) is 4. The highest BCUT2D eigenvalue weighted by molar-refractivity contribution is 6.32. The van der Waals surface area contributed by atoms with Gasteiger partial charge in [0.05, 0.1) is 12.6 Å². The standard InChI is InChI=1S/C13H14ClN3O2/c1-19-13(18)10-4-2-3-9-11(14)16-12(17(9)10)8-5-6-15-7-8/h2-4,8,15H,5-7H2,1H3. The smallest absolute Gasteiger partial charge is 0.355 e. The zero-order chi connectivity index (χ0) is 13.4. The van der Waals surface area contributed by atoms with Crippen molar-refractivity contribution < 1.29 is 9.53 Å². The summed E-state index contributed by atoms with van der Waals surface area (Å²) in [6.07, 6.45) is 0.991. The fourth-order valence-electron chi connectivity index (χ4n) is 2.54. The normalized spacial score (nSPS) is 18.9. The SMILES string of the molecule is COC(=O)c1cccc2c(Cl)nc(C3CCNC3)n12. The van der Waals surface area contributed by atoms with Crippen LogP contribution in [0.3, 0.4) is 0 Å². The number of rotatable bonds is 2. The van der Waals surface area contributed by atoms with Crippen molar-refractivity contribution in [2.75, 3.05) is 20.2 Å². The van der Waals surface area contributed by atoms with Crippen LogP contribution in [0.2, 0.25) is 5.15 Å². The number of carbonyl (C=O) groups is 1. The van der Waals surface area contributed by atoms with Crippen molar-refractivity contribution >= 4 is 23.1 Å². The number of pyridine rings is 1. The summed E-state index contributed by atoms with van der Waals surface area (Å²) >= 11 is 6.17. The van der Waals surface area contributed by atoms with Crippen LogP contribution in [0, 0.1) is 0 Å². The van der Waals surface area contributed by atoms with Crippen LogP contribution >= 0.6 is 11.6 Å². The van der Waals surface area contributed by atoms with Gasteiger partial charge in [-0.1, -0.05) is 17.7 Å². The van der Waals surface area contributed by atoms with Crippen LogP contribution in [0.1, 0.15) is 28.7 Å². The van der Waals surface area contributed by atoms with Gasteiger partial charge in [-0.15, -0.1) is 0 Å². The molecule has 0 saturated carbocycles. The third-order valence-corrected chi connectivity index (χ3v) is 3.74. The molecule has 19 heavy (non-hydrogen) atoms. The topological polar surface area (TPSA) is 55.6 Å². The molecule has 100 valence electrons. The van der Waals surface area contributed by atoms with E-state index in [0.29, 0.717) is 10.8 Å². The molecule has 0 aromatic carbocycles. The van der Waals surface area contributed by atoms with E-state index in [1.54, 1.807) is 12.1 Å². The van der Waals surface area contributed by atoms with Gasteiger partial charge in [-0.2, -0.15) is 0 Å². The Morgan fingerprint density at radius 3 is 3.11 bits per heavy atom. The number of ether oxygens (including phenoxy) is 1. The maximum absolute atomic E-state index is 11.9. The number of fused-ring (bicyclic) bond motifs is 1. The third-order valence-electron chi connectivity index (χ3n) is 3.46. The quantitative estimate of drug-likeness (QED) is 0.853. The van der Waals surface area contributed by atoms with Crippen LogP contribution < -0.4 is 5.32 Å². The van der Waals surface area contributed by atoms with Gasteiger partial charge < -0.3 is 10.1 Å². The van der Waals surface area contributed by atoms with E-state index in [1.807, 2.05) is 10.5 Å². The summed E-state index contributed by atoms with van der Waals surface area (Å²) in [5.41, 5.74) is 1.20. The number of aromatic nitrogens is 2. The van der Waals surface area contributed by atoms with E-state index in [9.17, 15) is 4.79 Å². The molecule has 3 heterocycles. The predicted octanol–water partition coefficient (Wildman–Crippen LogP) is 1.85. The summed E-state index contributed by atoms with van der Waals surface area (Å²) < 4.78 is 6.64. The van der Waals surface area contributed by atoms with Gasteiger partial charge in [0.15, 0.2) is 5.15 Å². The molecular formula is C13H14ClN3O2. The lowest BCUT2D eigenvalue weighted by atomic mass is 10.1. The Kier molecular flexibility index (Phi) is 3.16. The summed E-state index contributed by atoms with van der Waals surface area (Å²) in [5.74, 6) is 0.712. The Balaban J connectivity index is 2.24. The van der Waals surface area contributed by atoms with Crippen molar-refractivity contribution in [1.29, 1.82) is 0 Å². The highest BCUT2D eigenvalue weighted by atomic mass is 35.5. The van der Waals surface area contributed by atoms with Gasteiger partial charge in [-0.05, 0) is 25.1 Å². The molecule has 1 unspecified atom stereocenters. The van der Waals surface area contributed by atoms with Gasteiger partial charge in [-0.3, -0.25) is 4.40 Å². The number of carbonyl (C=O) groups excluding carboxylic acids is 1. The first-order chi connectivity index (χ1) is 9.22. The van der Waals surface area contributed by atoms with Gasteiger partial charge in [-0.25, -0.2) is 9.78 Å². The number of esters is 1. The summed E-state index contributed by atoms with van der Waals surface area (Å²) in [5, 5.41) is 3.72. The summed E-state index contributed by atoms with van der Waals surface area (Å²) in [7, 11) is 1.37. The van der Waals surface area contributed by atoms with Gasteiger partial charge >= 0.3 is 5.97 Å². The first-order valence-electron chi connectivity index (χ1n) is 6.18. The second-order valence-corrected chi connectivity index (χ2v) is 4.93. The van der Waals surface area contributed by atoms with Gasteiger partial charge in [0.1, 0.15) is 11.5 Å². The van der Waals surface area contributed by atoms with E-state index in [4.69, 9.17) is 16.3 Å². The molecule has 0 aliphatic carbocycles. The number of nitrogens with one attached hydrogen (secondary N) is 1. The Hall–Kier alpha value is -1.59. The molecule has 6 heteroatoms. The Labute approximate surface area is 115 Å². The van der Waals surface area contributed by atoms with Crippen LogP contribution in [0.25, 0.3) is 5.52 Å². The Bertz CT molecular complexity index is 632. The lowest BCUT2D eigenvalue weighted by Crippen LogP contribution is -2.14. The fraction of sp³-hybridized carbons (Fsp3) is 0.385. The first-order valence-corrected chi connectivity index (χ1v) is 6.56. The van der Waals surface area contributed by atoms with Crippen LogP contribution in [-0.4, -0.2) is 35.6 Å². The second-order valence-electron chi connectivity index (χ2n) is 4.57. The van der Waals surface area contributed by atoms with E-state index in [1.165, 1.54) is 7.11 Å². The lowest BCUT2D eigenvalue weighted by Gasteiger charge is -2.10. The van der Waals surface area contributed by atoms with E-state index in [2.05, 4.69) is 10.3 Å². The average Bonchev–Trinajstić information content (AvgIpc) is 3.06. The van der Waals surface area contributed by atoms with Gasteiger partial charge in [0.25, 0.3) is 0 Å². The molecule has 1 aliphatic rings. The Morgan fingerprint density at radius 2 is 2.42 bits per heavy atom. The molecule has 0 spiro atoms. The minimum Gasteiger partial charge on any atom is -0.464 e. The zero-order valence-electron chi connectivity index (χ0n) is 10.5. The van der Waals surface area contributed by atoms with Crippen molar-refractivity contribution in [1.82, 2.24) is 14.7 Å². The van der Waals surface area contributed by atoms with Gasteiger partial charge in [0, 0.05) is 12.5 Å². The molecule has 5 nitrogen and oxygen atoms in total. The molecule has 0 radical (unpaired) electrons. The van der Waals surface area contributed by atoms with Crippen LogP contribution in [-0.2, 0) is 4.74 Å². The number of hydrogen-bond donors (Lipinski definition) is 1. The molecule has 1 saturated heterocycles. The van der Waals surface area contributed by atoms with Crippen LogP contribution in [0.5, 0.6) is 0 Å². The largest absolute Gasteiger partial charge is 0.464 e. The molecule has 0 amide bonds. The molecule has 2 aromatic rings. The van der Waals surface area contributed by atoms with Crippen LogP contribution in [0.15, 0.2) is 18.2 Å². The molecule has 3 rings (SSSR count). The van der Waals surface area contributed by atoms with E-state index < -0.39 is 0 Å². The predicted molar refractivity (Wildman–Crippen MR) is 71.8 cm³/mol. The molecule has 1 aliphatic heterocycles. The maximum atomic E-state index is 11.9. The van der Waals surface area contributed by atoms with E-state index in [0.717, 1.165) is 30.9 Å². The first kappa shape index (κ1) is 12.4. The number of methoxy groups -OCH3 is 1. The van der Waals surface area contributed by atoms with E-state index in [-0.39, 0.29) is 11.9 Å². The molecule has 1 atom stereocenters. The Morgan fingerprint density at radius 1 is 1.58 bits per heavy atom. The molecule has 2 aromatic heterocycles. The highest BCUT2D eigenvalue weighted by Crippen LogP contribution is 2.28. The monoisotopic (exact) mass is 279 g/mol. The summed E-state index contributed by atoms with van der Waals surface area (Å²) in [6.45, 7) is 1.81. The maximum Gasteiger partial charge on any atom is 0.355 e. The lowest BCUT2D eigenvalue weighted by molar-refractivity contribution is 0.0592. The number of nitrogens with zero attached hydrogens (tertiary/aromatic N) is 2. The van der Waals surface area contributed by atoms with Crippen molar-refractivity contribution in [3.05, 3.63) is 34.9 Å². The van der Waals surface area contributed by atoms with Crippen LogP contribution in [0.4, 0.5) is 0 Å². The highest BCUT2D eigenvalue weighted by Gasteiger charge is 2.25. The van der Waals surface area contributed by atoms with E-state index >= 15 is 0 Å². The van der Waals surface area contributed by atoms with Crippen molar-refractivity contribution in [3.8, 4) is 0 Å². The molecule has 1 N–H and O–H groups in total. The minimum absolute atomic E-state index is 0.269. The van der Waals surface area contributed by atoms with Gasteiger partial charge in [0.2, 0.25) is 0 Å². The molecule has 1 fully saturated rings. The van der Waals surface area contributed by atoms with Crippen molar-refractivity contribution in [3.63, 3.8) is 0 Å². The third kappa shape index (κ3) is 1.99. The second kappa shape index (κ2) is 4.83. The number of imidazole rings is 1. The average molecular weight is 280 g/mol. The van der Waals surface area contributed by atoms with Crippen molar-refractivity contribution in [2.24, 2.45) is 0 Å². The summed E-state index contributed by atoms with van der Waals surface area (Å²) in [4.78, 5) is 16.3.